The molecule has 1 amide bonds. The zero-order chi connectivity index (χ0) is 16.5. The van der Waals surface area contributed by atoms with Gasteiger partial charge in [0.2, 0.25) is 0 Å². The predicted octanol–water partition coefficient (Wildman–Crippen LogP) is 1.38. The molecule has 1 atom stereocenters. The van der Waals surface area contributed by atoms with E-state index in [1.165, 1.54) is 0 Å². The van der Waals surface area contributed by atoms with E-state index < -0.39 is 6.10 Å². The number of methoxy groups -OCH3 is 1. The minimum Gasteiger partial charge on any atom is -0.445 e. The lowest BCUT2D eigenvalue weighted by Gasteiger charge is -2.33. The van der Waals surface area contributed by atoms with Crippen LogP contribution in [-0.2, 0) is 16.1 Å². The third-order valence-electron chi connectivity index (χ3n) is 3.95. The Balaban J connectivity index is 1.63. The molecule has 6 heteroatoms. The average Bonchev–Trinajstić information content (AvgIpc) is 2.56. The van der Waals surface area contributed by atoms with Gasteiger partial charge in [-0.25, -0.2) is 4.79 Å². The van der Waals surface area contributed by atoms with Crippen LogP contribution in [0.15, 0.2) is 30.3 Å². The van der Waals surface area contributed by atoms with Crippen LogP contribution >= 0.6 is 0 Å². The molecule has 6 nitrogen and oxygen atoms in total. The Labute approximate surface area is 137 Å². The molecule has 1 aliphatic heterocycles. The Bertz CT molecular complexity index is 461. The van der Waals surface area contributed by atoms with Crippen LogP contribution in [0.3, 0.4) is 0 Å². The SMILES string of the molecule is COCC(O)CN1CCC(NC(=O)OCc2ccccc2)CC1. The summed E-state index contributed by atoms with van der Waals surface area (Å²) in [6.45, 7) is 2.95. The lowest BCUT2D eigenvalue weighted by molar-refractivity contribution is 0.0308. The fourth-order valence-electron chi connectivity index (χ4n) is 2.73. The number of amides is 1. The van der Waals surface area contributed by atoms with E-state index in [4.69, 9.17) is 9.47 Å². The molecule has 1 fully saturated rings. The molecule has 1 unspecified atom stereocenters. The maximum atomic E-state index is 11.8. The molecule has 0 radical (unpaired) electrons. The first-order chi connectivity index (χ1) is 11.2. The molecule has 1 aliphatic rings. The quantitative estimate of drug-likeness (QED) is 0.794. The van der Waals surface area contributed by atoms with E-state index in [1.807, 2.05) is 30.3 Å². The van der Waals surface area contributed by atoms with Crippen LogP contribution in [0.1, 0.15) is 18.4 Å². The highest BCUT2D eigenvalue weighted by Gasteiger charge is 2.22. The summed E-state index contributed by atoms with van der Waals surface area (Å²) in [5.74, 6) is 0. The molecule has 0 saturated carbocycles. The van der Waals surface area contributed by atoms with Gasteiger partial charge >= 0.3 is 6.09 Å². The molecule has 0 bridgehead atoms. The number of nitrogens with one attached hydrogen (secondary N) is 1. The van der Waals surface area contributed by atoms with E-state index in [0.717, 1.165) is 31.5 Å². The number of rotatable bonds is 7. The number of carbonyl (C=O) groups excluding carboxylic acids is 1. The largest absolute Gasteiger partial charge is 0.445 e. The fourth-order valence-corrected chi connectivity index (χ4v) is 2.73. The first kappa shape index (κ1) is 17.7. The molecule has 2 N–H and O–H groups in total. The summed E-state index contributed by atoms with van der Waals surface area (Å²) in [6.07, 6.45) is 0.896. The zero-order valence-corrected chi connectivity index (χ0v) is 13.6. The monoisotopic (exact) mass is 322 g/mol. The molecule has 0 spiro atoms. The van der Waals surface area contributed by atoms with Crippen molar-refractivity contribution < 1.29 is 19.4 Å². The molecule has 0 aromatic heterocycles. The van der Waals surface area contributed by atoms with E-state index in [2.05, 4.69) is 10.2 Å². The Morgan fingerprint density at radius 1 is 1.35 bits per heavy atom. The van der Waals surface area contributed by atoms with Crippen LogP contribution in [0, 0.1) is 0 Å². The number of aliphatic hydroxyl groups is 1. The summed E-state index contributed by atoms with van der Waals surface area (Å²) in [5, 5.41) is 12.6. The van der Waals surface area contributed by atoms with Crippen molar-refractivity contribution in [3.63, 3.8) is 0 Å². The summed E-state index contributed by atoms with van der Waals surface area (Å²) in [5.41, 5.74) is 0.976. The number of nitrogens with zero attached hydrogens (tertiary/aromatic N) is 1. The van der Waals surface area contributed by atoms with Crippen molar-refractivity contribution in [3.8, 4) is 0 Å². The molecule has 2 rings (SSSR count). The minimum atomic E-state index is -0.458. The van der Waals surface area contributed by atoms with Gasteiger partial charge < -0.3 is 24.8 Å². The van der Waals surface area contributed by atoms with Gasteiger partial charge in [-0.3, -0.25) is 0 Å². The Morgan fingerprint density at radius 2 is 2.04 bits per heavy atom. The van der Waals surface area contributed by atoms with E-state index in [9.17, 15) is 9.90 Å². The van der Waals surface area contributed by atoms with Crippen molar-refractivity contribution in [2.45, 2.75) is 31.6 Å². The Kier molecular flexibility index (Phi) is 7.32. The standard InChI is InChI=1S/C17H26N2O4/c1-22-13-16(20)11-19-9-7-15(8-10-19)18-17(21)23-12-14-5-3-2-4-6-14/h2-6,15-16,20H,7-13H2,1H3,(H,18,21). The van der Waals surface area contributed by atoms with Crippen molar-refractivity contribution in [2.75, 3.05) is 33.4 Å². The van der Waals surface area contributed by atoms with Crippen LogP contribution < -0.4 is 5.32 Å². The Hall–Kier alpha value is -1.63. The molecule has 1 aromatic rings. The summed E-state index contributed by atoms with van der Waals surface area (Å²) in [6, 6.07) is 9.76. The average molecular weight is 322 g/mol. The highest BCUT2D eigenvalue weighted by atomic mass is 16.5. The molecular weight excluding hydrogens is 296 g/mol. The molecular formula is C17H26N2O4. The second-order valence-corrected chi connectivity index (χ2v) is 5.89. The van der Waals surface area contributed by atoms with E-state index in [0.29, 0.717) is 13.2 Å². The maximum absolute atomic E-state index is 11.8. The van der Waals surface area contributed by atoms with Gasteiger partial charge in [0.25, 0.3) is 0 Å². The van der Waals surface area contributed by atoms with Crippen molar-refractivity contribution in [1.29, 1.82) is 0 Å². The smallest absolute Gasteiger partial charge is 0.407 e. The predicted molar refractivity (Wildman–Crippen MR) is 87.1 cm³/mol. The topological polar surface area (TPSA) is 71.0 Å². The normalized spacial score (nSPS) is 17.7. The summed E-state index contributed by atoms with van der Waals surface area (Å²) in [7, 11) is 1.58. The number of carbonyl (C=O) groups is 1. The van der Waals surface area contributed by atoms with Crippen LogP contribution in [0.5, 0.6) is 0 Å². The second-order valence-electron chi connectivity index (χ2n) is 5.89. The number of alkyl carbamates (subject to hydrolysis) is 1. The molecule has 1 heterocycles. The highest BCUT2D eigenvalue weighted by Crippen LogP contribution is 2.11. The van der Waals surface area contributed by atoms with Gasteiger partial charge in [0.1, 0.15) is 6.61 Å². The third kappa shape index (κ3) is 6.56. The Morgan fingerprint density at radius 3 is 2.70 bits per heavy atom. The van der Waals surface area contributed by atoms with Crippen molar-refractivity contribution >= 4 is 6.09 Å². The van der Waals surface area contributed by atoms with Gasteiger partial charge in [0, 0.05) is 32.8 Å². The summed E-state index contributed by atoms with van der Waals surface area (Å²) < 4.78 is 10.2. The highest BCUT2D eigenvalue weighted by molar-refractivity contribution is 5.67. The van der Waals surface area contributed by atoms with Crippen LogP contribution in [0.25, 0.3) is 0 Å². The van der Waals surface area contributed by atoms with Crippen molar-refractivity contribution in [3.05, 3.63) is 35.9 Å². The zero-order valence-electron chi connectivity index (χ0n) is 13.6. The number of hydrogen-bond donors (Lipinski definition) is 2. The van der Waals surface area contributed by atoms with E-state index in [1.54, 1.807) is 7.11 Å². The number of piperidine rings is 1. The van der Waals surface area contributed by atoms with Crippen LogP contribution in [0.2, 0.25) is 0 Å². The number of benzene rings is 1. The van der Waals surface area contributed by atoms with Gasteiger partial charge in [-0.1, -0.05) is 30.3 Å². The second kappa shape index (κ2) is 9.50. The van der Waals surface area contributed by atoms with Gasteiger partial charge in [-0.15, -0.1) is 0 Å². The fraction of sp³-hybridized carbons (Fsp3) is 0.588. The van der Waals surface area contributed by atoms with Crippen molar-refractivity contribution in [1.82, 2.24) is 10.2 Å². The molecule has 23 heavy (non-hydrogen) atoms. The number of likely N-dealkylation sites (tertiary alicyclic amines) is 1. The number of β-amino-alcohol motifs (C(OH)–C–C–N with tert-alkyl or cyclic N) is 1. The van der Waals surface area contributed by atoms with E-state index >= 15 is 0 Å². The lowest BCUT2D eigenvalue weighted by Crippen LogP contribution is -2.47. The summed E-state index contributed by atoms with van der Waals surface area (Å²) in [4.78, 5) is 14.0. The van der Waals surface area contributed by atoms with Gasteiger partial charge in [0.15, 0.2) is 0 Å². The molecule has 1 aromatic carbocycles. The van der Waals surface area contributed by atoms with Gasteiger partial charge in [0.05, 0.1) is 12.7 Å². The molecule has 128 valence electrons. The van der Waals surface area contributed by atoms with Crippen LogP contribution in [-0.4, -0.2) is 61.6 Å². The van der Waals surface area contributed by atoms with Gasteiger partial charge in [-0.2, -0.15) is 0 Å². The lowest BCUT2D eigenvalue weighted by atomic mass is 10.0. The first-order valence-electron chi connectivity index (χ1n) is 8.04. The number of hydrogen-bond acceptors (Lipinski definition) is 5. The summed E-state index contributed by atoms with van der Waals surface area (Å²) >= 11 is 0. The number of aliphatic hydroxyl groups excluding tert-OH is 1. The third-order valence-corrected chi connectivity index (χ3v) is 3.95. The van der Waals surface area contributed by atoms with Gasteiger partial charge in [-0.05, 0) is 18.4 Å². The molecule has 1 saturated heterocycles. The molecule has 0 aliphatic carbocycles. The van der Waals surface area contributed by atoms with Crippen molar-refractivity contribution in [2.24, 2.45) is 0 Å². The maximum Gasteiger partial charge on any atom is 0.407 e. The van der Waals surface area contributed by atoms with E-state index in [-0.39, 0.29) is 18.7 Å². The number of ether oxygens (including phenoxy) is 2. The van der Waals surface area contributed by atoms with Crippen LogP contribution in [0.4, 0.5) is 4.79 Å². The minimum absolute atomic E-state index is 0.133. The first-order valence-corrected chi connectivity index (χ1v) is 8.04.